The van der Waals surface area contributed by atoms with Gasteiger partial charge in [0.2, 0.25) is 10.0 Å². The molecule has 0 spiro atoms. The summed E-state index contributed by atoms with van der Waals surface area (Å²) >= 11 is 0. The fourth-order valence-electron chi connectivity index (χ4n) is 2.32. The van der Waals surface area contributed by atoms with Gasteiger partial charge in [-0.05, 0) is 32.0 Å². The number of carboxylic acids is 1. The predicted molar refractivity (Wildman–Crippen MR) is 89.8 cm³/mol. The maximum absolute atomic E-state index is 12.7. The third-order valence-electron chi connectivity index (χ3n) is 4.36. The summed E-state index contributed by atoms with van der Waals surface area (Å²) in [6.07, 6.45) is 0. The molecule has 1 aromatic rings. The first-order valence-corrected chi connectivity index (χ1v) is 9.22. The SMILES string of the molecule is CN(C(=O)c1cccc(S(=O)(=O)N2CCOCC2)c1)C(C)(C)C(=O)O. The molecule has 1 aliphatic heterocycles. The van der Waals surface area contributed by atoms with E-state index in [1.807, 2.05) is 0 Å². The topological polar surface area (TPSA) is 104 Å². The molecule has 9 heteroatoms. The molecule has 0 atom stereocenters. The van der Waals surface area contributed by atoms with Gasteiger partial charge in [0.15, 0.2) is 0 Å². The fraction of sp³-hybridized carbons (Fsp3) is 0.500. The second-order valence-corrected chi connectivity index (χ2v) is 8.21. The highest BCUT2D eigenvalue weighted by Gasteiger charge is 2.36. The predicted octanol–water partition coefficient (Wildman–Crippen LogP) is 0.643. The molecule has 138 valence electrons. The third kappa shape index (κ3) is 3.83. The number of nitrogens with zero attached hydrogens (tertiary/aromatic N) is 2. The number of amides is 1. The number of likely N-dealkylation sites (N-methyl/N-ethyl adjacent to an activating group) is 1. The van der Waals surface area contributed by atoms with E-state index in [0.717, 1.165) is 4.90 Å². The summed E-state index contributed by atoms with van der Waals surface area (Å²) in [7, 11) is -2.35. The van der Waals surface area contributed by atoms with Gasteiger partial charge in [-0.1, -0.05) is 6.07 Å². The van der Waals surface area contributed by atoms with Crippen molar-refractivity contribution in [3.8, 4) is 0 Å². The molecule has 0 aromatic heterocycles. The highest BCUT2D eigenvalue weighted by Crippen LogP contribution is 2.21. The second-order valence-electron chi connectivity index (χ2n) is 6.27. The minimum Gasteiger partial charge on any atom is -0.480 e. The van der Waals surface area contributed by atoms with Crippen LogP contribution < -0.4 is 0 Å². The van der Waals surface area contributed by atoms with E-state index in [0.29, 0.717) is 13.2 Å². The Kier molecular flexibility index (Phi) is 5.50. The molecule has 1 aliphatic rings. The van der Waals surface area contributed by atoms with Crippen molar-refractivity contribution in [3.05, 3.63) is 29.8 Å². The molecule has 2 rings (SSSR count). The molecule has 0 saturated carbocycles. The smallest absolute Gasteiger partial charge is 0.329 e. The number of benzene rings is 1. The molecule has 0 unspecified atom stereocenters. The van der Waals surface area contributed by atoms with E-state index in [1.165, 1.54) is 49.5 Å². The Hall–Kier alpha value is -1.97. The average Bonchev–Trinajstić information content (AvgIpc) is 2.61. The summed E-state index contributed by atoms with van der Waals surface area (Å²) in [6, 6.07) is 5.64. The summed E-state index contributed by atoms with van der Waals surface area (Å²) in [5.74, 6) is -1.72. The van der Waals surface area contributed by atoms with Crippen LogP contribution in [0, 0.1) is 0 Å². The lowest BCUT2D eigenvalue weighted by molar-refractivity contribution is -0.147. The first-order chi connectivity index (χ1) is 11.6. The standard InChI is InChI=1S/C16H22N2O6S/c1-16(2,15(20)21)17(3)14(19)12-5-4-6-13(11-12)25(22,23)18-7-9-24-10-8-18/h4-6,11H,7-10H2,1-3H3,(H,20,21). The van der Waals surface area contributed by atoms with Crippen LogP contribution in [0.2, 0.25) is 0 Å². The van der Waals surface area contributed by atoms with E-state index in [9.17, 15) is 23.1 Å². The maximum atomic E-state index is 12.7. The number of carboxylic acid groups (broad SMARTS) is 1. The van der Waals surface area contributed by atoms with Crippen molar-refractivity contribution in [2.75, 3.05) is 33.4 Å². The number of hydrogen-bond acceptors (Lipinski definition) is 5. The van der Waals surface area contributed by atoms with Crippen molar-refractivity contribution in [2.45, 2.75) is 24.3 Å². The van der Waals surface area contributed by atoms with Crippen LogP contribution in [0.4, 0.5) is 0 Å². The Labute approximate surface area is 147 Å². The number of carbonyl (C=O) groups excluding carboxylic acids is 1. The summed E-state index contributed by atoms with van der Waals surface area (Å²) in [4.78, 5) is 25.0. The molecule has 0 radical (unpaired) electrons. The Bertz CT molecular complexity index is 769. The Morgan fingerprint density at radius 3 is 2.40 bits per heavy atom. The van der Waals surface area contributed by atoms with Gasteiger partial charge >= 0.3 is 5.97 Å². The molecule has 1 aromatic carbocycles. The van der Waals surface area contributed by atoms with Crippen molar-refractivity contribution >= 4 is 21.9 Å². The number of sulfonamides is 1. The van der Waals surface area contributed by atoms with Crippen LogP contribution in [0.25, 0.3) is 0 Å². The Morgan fingerprint density at radius 1 is 1.24 bits per heavy atom. The highest BCUT2D eigenvalue weighted by atomic mass is 32.2. The van der Waals surface area contributed by atoms with Crippen molar-refractivity contribution < 1.29 is 27.9 Å². The summed E-state index contributed by atoms with van der Waals surface area (Å²) < 4.78 is 31.8. The second kappa shape index (κ2) is 7.11. The van der Waals surface area contributed by atoms with Crippen LogP contribution in [-0.4, -0.2) is 73.5 Å². The van der Waals surface area contributed by atoms with Crippen LogP contribution >= 0.6 is 0 Å². The monoisotopic (exact) mass is 370 g/mol. The van der Waals surface area contributed by atoms with Gasteiger partial charge in [-0.25, -0.2) is 13.2 Å². The number of morpholine rings is 1. The highest BCUT2D eigenvalue weighted by molar-refractivity contribution is 7.89. The summed E-state index contributed by atoms with van der Waals surface area (Å²) in [5.41, 5.74) is -1.30. The molecular formula is C16H22N2O6S. The fourth-order valence-corrected chi connectivity index (χ4v) is 3.77. The van der Waals surface area contributed by atoms with Gasteiger partial charge < -0.3 is 14.7 Å². The molecular weight excluding hydrogens is 348 g/mol. The zero-order valence-corrected chi connectivity index (χ0v) is 15.2. The van der Waals surface area contributed by atoms with E-state index in [1.54, 1.807) is 0 Å². The third-order valence-corrected chi connectivity index (χ3v) is 6.25. The van der Waals surface area contributed by atoms with Crippen molar-refractivity contribution in [1.82, 2.24) is 9.21 Å². The lowest BCUT2D eigenvalue weighted by Gasteiger charge is -2.31. The minimum absolute atomic E-state index is 0.00165. The van der Waals surface area contributed by atoms with Crippen molar-refractivity contribution in [3.63, 3.8) is 0 Å². The van der Waals surface area contributed by atoms with Crippen LogP contribution in [0.1, 0.15) is 24.2 Å². The number of ether oxygens (including phenoxy) is 1. The number of rotatable bonds is 5. The molecule has 0 aliphatic carbocycles. The van der Waals surface area contributed by atoms with Gasteiger partial charge in [-0.15, -0.1) is 0 Å². The molecule has 8 nitrogen and oxygen atoms in total. The molecule has 0 bridgehead atoms. The molecule has 1 fully saturated rings. The number of aliphatic carboxylic acids is 1. The lowest BCUT2D eigenvalue weighted by atomic mass is 10.0. The normalized spacial score (nSPS) is 16.4. The van der Waals surface area contributed by atoms with Crippen LogP contribution in [0.15, 0.2) is 29.2 Å². The van der Waals surface area contributed by atoms with Gasteiger partial charge in [-0.2, -0.15) is 4.31 Å². The Balaban J connectivity index is 2.32. The summed E-state index contributed by atoms with van der Waals surface area (Å²) in [5, 5.41) is 9.25. The lowest BCUT2D eigenvalue weighted by Crippen LogP contribution is -2.50. The van der Waals surface area contributed by atoms with Crippen LogP contribution in [-0.2, 0) is 19.6 Å². The molecule has 1 saturated heterocycles. The molecule has 1 heterocycles. The number of carbonyl (C=O) groups is 2. The van der Waals surface area contributed by atoms with E-state index >= 15 is 0 Å². The van der Waals surface area contributed by atoms with Crippen LogP contribution in [0.5, 0.6) is 0 Å². The minimum atomic E-state index is -3.73. The summed E-state index contributed by atoms with van der Waals surface area (Å²) in [6.45, 7) is 3.98. The Morgan fingerprint density at radius 2 is 1.84 bits per heavy atom. The van der Waals surface area contributed by atoms with Gasteiger partial charge in [0.1, 0.15) is 5.54 Å². The van der Waals surface area contributed by atoms with Crippen molar-refractivity contribution in [2.24, 2.45) is 0 Å². The molecule has 1 N–H and O–H groups in total. The first-order valence-electron chi connectivity index (χ1n) is 7.78. The maximum Gasteiger partial charge on any atom is 0.329 e. The van der Waals surface area contributed by atoms with Gasteiger partial charge in [0, 0.05) is 25.7 Å². The molecule has 25 heavy (non-hydrogen) atoms. The quantitative estimate of drug-likeness (QED) is 0.816. The molecule has 1 amide bonds. The average molecular weight is 370 g/mol. The zero-order chi connectivity index (χ0) is 18.8. The van der Waals surface area contributed by atoms with E-state index in [4.69, 9.17) is 4.74 Å². The first kappa shape index (κ1) is 19.4. The van der Waals surface area contributed by atoms with E-state index in [-0.39, 0.29) is 23.5 Å². The van der Waals surface area contributed by atoms with Crippen molar-refractivity contribution in [1.29, 1.82) is 0 Å². The van der Waals surface area contributed by atoms with Gasteiger partial charge in [-0.3, -0.25) is 4.79 Å². The van der Waals surface area contributed by atoms with Gasteiger partial charge in [0.25, 0.3) is 5.91 Å². The van der Waals surface area contributed by atoms with E-state index < -0.39 is 27.4 Å². The number of hydrogen-bond donors (Lipinski definition) is 1. The largest absolute Gasteiger partial charge is 0.480 e. The van der Waals surface area contributed by atoms with E-state index in [2.05, 4.69) is 0 Å². The zero-order valence-electron chi connectivity index (χ0n) is 14.4. The van der Waals surface area contributed by atoms with Crippen LogP contribution in [0.3, 0.4) is 0 Å². The van der Waals surface area contributed by atoms with Gasteiger partial charge in [0.05, 0.1) is 18.1 Å².